The molecule has 29 heavy (non-hydrogen) atoms. The van der Waals surface area contributed by atoms with Gasteiger partial charge in [-0.25, -0.2) is 15.0 Å². The second-order valence-electron chi connectivity index (χ2n) is 7.15. The molecule has 1 aromatic carbocycles. The molecule has 1 aliphatic heterocycles. The fourth-order valence-corrected chi connectivity index (χ4v) is 3.44. The van der Waals surface area contributed by atoms with Crippen LogP contribution in [0, 0.1) is 6.92 Å². The number of nitrogens with one attached hydrogen (secondary N) is 1. The lowest BCUT2D eigenvalue weighted by Gasteiger charge is -2.35. The molecule has 0 radical (unpaired) electrons. The summed E-state index contributed by atoms with van der Waals surface area (Å²) in [7, 11) is 0. The topological polar surface area (TPSA) is 74.2 Å². The standard InChI is InChI=1S/C22H24N6O/c1-17-5-4-6-18(13-17)14-21(29)26-19-15-24-22(25-16-19)28-11-9-27(10-12-28)20-7-2-3-8-23-20/h2-8,13,15-16H,9-12,14H2,1H3,(H,26,29). The number of hydrogen-bond donors (Lipinski definition) is 1. The molecule has 7 nitrogen and oxygen atoms in total. The largest absolute Gasteiger partial charge is 0.353 e. The summed E-state index contributed by atoms with van der Waals surface area (Å²) in [5.41, 5.74) is 2.75. The number of nitrogens with zero attached hydrogens (tertiary/aromatic N) is 5. The van der Waals surface area contributed by atoms with Crippen molar-refractivity contribution >= 4 is 23.4 Å². The van der Waals surface area contributed by atoms with Gasteiger partial charge in [-0.1, -0.05) is 35.9 Å². The Bertz CT molecular complexity index is 953. The summed E-state index contributed by atoms with van der Waals surface area (Å²) in [4.78, 5) is 30.0. The molecule has 1 amide bonds. The number of aryl methyl sites for hydroxylation is 1. The Labute approximate surface area is 170 Å². The Balaban J connectivity index is 1.31. The number of carbonyl (C=O) groups excluding carboxylic acids is 1. The molecule has 1 N–H and O–H groups in total. The maximum absolute atomic E-state index is 12.3. The summed E-state index contributed by atoms with van der Waals surface area (Å²) >= 11 is 0. The van der Waals surface area contributed by atoms with Gasteiger partial charge >= 0.3 is 0 Å². The van der Waals surface area contributed by atoms with Crippen molar-refractivity contribution in [3.8, 4) is 0 Å². The number of anilines is 3. The van der Waals surface area contributed by atoms with E-state index in [1.54, 1.807) is 12.4 Å². The van der Waals surface area contributed by atoms with E-state index in [1.165, 1.54) is 0 Å². The molecule has 1 saturated heterocycles. The summed E-state index contributed by atoms with van der Waals surface area (Å²) < 4.78 is 0. The predicted molar refractivity (Wildman–Crippen MR) is 114 cm³/mol. The zero-order chi connectivity index (χ0) is 20.1. The molecule has 0 atom stereocenters. The van der Waals surface area contributed by atoms with E-state index in [4.69, 9.17) is 0 Å². The average molecular weight is 388 g/mol. The minimum absolute atomic E-state index is 0.0732. The third kappa shape index (κ3) is 4.87. The zero-order valence-corrected chi connectivity index (χ0v) is 16.5. The van der Waals surface area contributed by atoms with Crippen molar-refractivity contribution in [1.82, 2.24) is 15.0 Å². The monoisotopic (exact) mass is 388 g/mol. The van der Waals surface area contributed by atoms with Gasteiger partial charge in [0.2, 0.25) is 11.9 Å². The van der Waals surface area contributed by atoms with Crippen LogP contribution in [0.5, 0.6) is 0 Å². The molecule has 0 saturated carbocycles. The van der Waals surface area contributed by atoms with Gasteiger partial charge in [-0.2, -0.15) is 0 Å². The Hall–Kier alpha value is -3.48. The number of benzene rings is 1. The number of hydrogen-bond acceptors (Lipinski definition) is 6. The maximum atomic E-state index is 12.3. The van der Waals surface area contributed by atoms with Crippen LogP contribution in [0.3, 0.4) is 0 Å². The second-order valence-corrected chi connectivity index (χ2v) is 7.15. The van der Waals surface area contributed by atoms with E-state index in [1.807, 2.05) is 55.6 Å². The molecule has 7 heteroatoms. The molecule has 3 heterocycles. The van der Waals surface area contributed by atoms with Crippen molar-refractivity contribution < 1.29 is 4.79 Å². The van der Waals surface area contributed by atoms with Gasteiger partial charge < -0.3 is 15.1 Å². The molecular weight excluding hydrogens is 364 g/mol. The lowest BCUT2D eigenvalue weighted by atomic mass is 10.1. The number of carbonyl (C=O) groups is 1. The van der Waals surface area contributed by atoms with Crippen LogP contribution in [-0.2, 0) is 11.2 Å². The molecule has 1 fully saturated rings. The highest BCUT2D eigenvalue weighted by Crippen LogP contribution is 2.17. The van der Waals surface area contributed by atoms with E-state index in [0.29, 0.717) is 18.1 Å². The van der Waals surface area contributed by atoms with Crippen molar-refractivity contribution in [2.45, 2.75) is 13.3 Å². The summed E-state index contributed by atoms with van der Waals surface area (Å²) in [6.45, 7) is 5.42. The molecule has 0 bridgehead atoms. The Morgan fingerprint density at radius 1 is 0.966 bits per heavy atom. The highest BCUT2D eigenvalue weighted by molar-refractivity contribution is 5.92. The fraction of sp³-hybridized carbons (Fsp3) is 0.273. The predicted octanol–water partition coefficient (Wildman–Crippen LogP) is 2.69. The molecule has 1 aliphatic rings. The fourth-order valence-electron chi connectivity index (χ4n) is 3.44. The highest BCUT2D eigenvalue weighted by atomic mass is 16.1. The van der Waals surface area contributed by atoms with E-state index >= 15 is 0 Å². The summed E-state index contributed by atoms with van der Waals surface area (Å²) in [5, 5.41) is 2.87. The Kier molecular flexibility index (Phi) is 5.65. The summed E-state index contributed by atoms with van der Waals surface area (Å²) in [6, 6.07) is 13.9. The quantitative estimate of drug-likeness (QED) is 0.724. The van der Waals surface area contributed by atoms with Crippen molar-refractivity contribution in [2.24, 2.45) is 0 Å². The van der Waals surface area contributed by atoms with Crippen LogP contribution < -0.4 is 15.1 Å². The molecule has 4 rings (SSSR count). The van der Waals surface area contributed by atoms with Gasteiger partial charge in [-0.3, -0.25) is 4.79 Å². The summed E-state index contributed by atoms with van der Waals surface area (Å²) in [6.07, 6.45) is 5.49. The van der Waals surface area contributed by atoms with Gasteiger partial charge in [0.15, 0.2) is 0 Å². The van der Waals surface area contributed by atoms with Crippen molar-refractivity contribution in [2.75, 3.05) is 41.3 Å². The van der Waals surface area contributed by atoms with Crippen molar-refractivity contribution in [3.63, 3.8) is 0 Å². The first-order valence-corrected chi connectivity index (χ1v) is 9.76. The van der Waals surface area contributed by atoms with Crippen LogP contribution in [0.2, 0.25) is 0 Å². The van der Waals surface area contributed by atoms with E-state index in [9.17, 15) is 4.79 Å². The molecular formula is C22H24N6O. The summed E-state index contributed by atoms with van der Waals surface area (Å²) in [5.74, 6) is 1.61. The Morgan fingerprint density at radius 3 is 2.41 bits per heavy atom. The maximum Gasteiger partial charge on any atom is 0.228 e. The number of rotatable bonds is 5. The molecule has 0 unspecified atom stereocenters. The highest BCUT2D eigenvalue weighted by Gasteiger charge is 2.19. The van der Waals surface area contributed by atoms with Gasteiger partial charge in [0.05, 0.1) is 24.5 Å². The number of pyridine rings is 1. The first-order chi connectivity index (χ1) is 14.2. The van der Waals surface area contributed by atoms with Gasteiger partial charge in [-0.15, -0.1) is 0 Å². The minimum atomic E-state index is -0.0732. The number of amides is 1. The van der Waals surface area contributed by atoms with Gasteiger partial charge in [0.1, 0.15) is 5.82 Å². The first-order valence-electron chi connectivity index (χ1n) is 9.76. The lowest BCUT2D eigenvalue weighted by molar-refractivity contribution is -0.115. The van der Waals surface area contributed by atoms with Gasteiger partial charge in [0.25, 0.3) is 0 Å². The van der Waals surface area contributed by atoms with Crippen LogP contribution in [0.15, 0.2) is 61.1 Å². The zero-order valence-electron chi connectivity index (χ0n) is 16.5. The van der Waals surface area contributed by atoms with Crippen molar-refractivity contribution in [1.29, 1.82) is 0 Å². The third-order valence-electron chi connectivity index (χ3n) is 4.90. The van der Waals surface area contributed by atoms with Crippen molar-refractivity contribution in [3.05, 3.63) is 72.2 Å². The van der Waals surface area contributed by atoms with Gasteiger partial charge in [0, 0.05) is 32.4 Å². The molecule has 148 valence electrons. The Morgan fingerprint density at radius 2 is 1.72 bits per heavy atom. The number of piperazine rings is 1. The molecule has 0 aliphatic carbocycles. The van der Waals surface area contributed by atoms with E-state index in [-0.39, 0.29) is 5.91 Å². The molecule has 2 aromatic heterocycles. The van der Waals surface area contributed by atoms with Gasteiger partial charge in [-0.05, 0) is 24.6 Å². The van der Waals surface area contributed by atoms with E-state index < -0.39 is 0 Å². The number of aromatic nitrogens is 3. The van der Waals surface area contributed by atoms with Crippen LogP contribution in [-0.4, -0.2) is 47.0 Å². The lowest BCUT2D eigenvalue weighted by Crippen LogP contribution is -2.47. The third-order valence-corrected chi connectivity index (χ3v) is 4.90. The first kappa shape index (κ1) is 18.9. The smallest absolute Gasteiger partial charge is 0.228 e. The molecule has 0 spiro atoms. The van der Waals surface area contributed by atoms with E-state index in [2.05, 4.69) is 30.1 Å². The van der Waals surface area contributed by atoms with Crippen LogP contribution >= 0.6 is 0 Å². The average Bonchev–Trinajstić information content (AvgIpc) is 2.75. The van der Waals surface area contributed by atoms with Crippen LogP contribution in [0.4, 0.5) is 17.5 Å². The van der Waals surface area contributed by atoms with Crippen LogP contribution in [0.1, 0.15) is 11.1 Å². The second kappa shape index (κ2) is 8.68. The van der Waals surface area contributed by atoms with Crippen LogP contribution in [0.25, 0.3) is 0 Å². The normalized spacial score (nSPS) is 14.0. The molecule has 3 aromatic rings. The van der Waals surface area contributed by atoms with E-state index in [0.717, 1.165) is 43.1 Å². The minimum Gasteiger partial charge on any atom is -0.353 e. The SMILES string of the molecule is Cc1cccc(CC(=O)Nc2cnc(N3CCN(c4ccccn4)CC3)nc2)c1.